The smallest absolute Gasteiger partial charge is 0.110 e. The van der Waals surface area contributed by atoms with Gasteiger partial charge in [0.15, 0.2) is 0 Å². The third kappa shape index (κ3) is 0.266. The lowest BCUT2D eigenvalue weighted by atomic mass is 10.3. The minimum absolute atomic E-state index is 1.17. The molecule has 0 radical (unpaired) electrons. The van der Waals surface area contributed by atoms with Crippen molar-refractivity contribution in [3.63, 3.8) is 0 Å². The molecular weight excluding hydrogens is 88.1 g/mol. The summed E-state index contributed by atoms with van der Waals surface area (Å²) in [5, 5.41) is 0. The molecule has 0 bridgehead atoms. The third-order valence-electron chi connectivity index (χ3n) is 1.38. The van der Waals surface area contributed by atoms with Crippen molar-refractivity contribution >= 4 is 0 Å². The maximum Gasteiger partial charge on any atom is 0.110 e. The summed E-state index contributed by atoms with van der Waals surface area (Å²) in [6.07, 6.45) is 5.04. The van der Waals surface area contributed by atoms with Crippen molar-refractivity contribution in [2.24, 2.45) is 0 Å². The zero-order valence-corrected chi connectivity index (χ0v) is 3.96. The van der Waals surface area contributed by atoms with E-state index in [0.29, 0.717) is 0 Å². The summed E-state index contributed by atoms with van der Waals surface area (Å²) in [5.41, 5.74) is 0. The van der Waals surface area contributed by atoms with Crippen LogP contribution in [0.25, 0.3) is 0 Å². The average molecular weight is 94.1 g/mol. The topological polar surface area (TPSA) is 17.8 Å². The fourth-order valence-corrected chi connectivity index (χ4v) is 0.840. The lowest BCUT2D eigenvalue weighted by Gasteiger charge is -2.14. The first-order valence-electron chi connectivity index (χ1n) is 2.47. The molecule has 1 aromatic rings. The molecule has 0 aromatic carbocycles. The normalized spacial score (nSPS) is 15.4. The molecule has 0 N–H and O–H groups in total. The van der Waals surface area contributed by atoms with Gasteiger partial charge in [-0.2, -0.15) is 0 Å². The first kappa shape index (κ1) is 3.24. The zero-order valence-electron chi connectivity index (χ0n) is 3.96. The van der Waals surface area contributed by atoms with Crippen LogP contribution >= 0.6 is 0 Å². The summed E-state index contributed by atoms with van der Waals surface area (Å²) in [6.45, 7) is 1.18. The lowest BCUT2D eigenvalue weighted by molar-refractivity contribution is 0.538. The number of hydrogen-bond acceptors (Lipinski definition) is 1. The molecule has 0 amide bonds. The Morgan fingerprint density at radius 2 is 2.71 bits per heavy atom. The molecule has 0 fully saturated rings. The number of fused-ring (bicyclic) bond motifs is 1. The SMILES string of the molecule is c1cn2c(n1)CC2. The molecule has 1 aromatic heterocycles. The van der Waals surface area contributed by atoms with Crippen LogP contribution in [0.15, 0.2) is 12.4 Å². The monoisotopic (exact) mass is 94.1 g/mol. The second-order valence-corrected chi connectivity index (χ2v) is 1.79. The molecule has 0 spiro atoms. The summed E-state index contributed by atoms with van der Waals surface area (Å²) in [4.78, 5) is 4.07. The Morgan fingerprint density at radius 3 is 3.00 bits per heavy atom. The van der Waals surface area contributed by atoms with Crippen LogP contribution in [0.5, 0.6) is 0 Å². The molecule has 2 heteroatoms. The molecule has 1 aliphatic rings. The first-order valence-corrected chi connectivity index (χ1v) is 2.47. The van der Waals surface area contributed by atoms with Crippen LogP contribution < -0.4 is 0 Å². The Bertz CT molecular complexity index is 159. The van der Waals surface area contributed by atoms with Gasteiger partial charge in [-0.1, -0.05) is 0 Å². The highest BCUT2D eigenvalue weighted by Gasteiger charge is 2.09. The number of imidazole rings is 1. The van der Waals surface area contributed by atoms with Gasteiger partial charge in [-0.15, -0.1) is 0 Å². The fourth-order valence-electron chi connectivity index (χ4n) is 0.840. The van der Waals surface area contributed by atoms with Crippen LogP contribution in [-0.4, -0.2) is 9.55 Å². The van der Waals surface area contributed by atoms with Crippen LogP contribution in [-0.2, 0) is 13.0 Å². The minimum atomic E-state index is 1.17. The van der Waals surface area contributed by atoms with Crippen LogP contribution in [0, 0.1) is 0 Å². The molecule has 2 heterocycles. The van der Waals surface area contributed by atoms with Crippen molar-refractivity contribution in [2.75, 3.05) is 0 Å². The molecular formula is C5H6N2. The van der Waals surface area contributed by atoms with Crippen molar-refractivity contribution < 1.29 is 0 Å². The van der Waals surface area contributed by atoms with Crippen LogP contribution in [0.2, 0.25) is 0 Å². The van der Waals surface area contributed by atoms with E-state index in [1.807, 2.05) is 12.4 Å². The molecule has 2 rings (SSSR count). The Kier molecular flexibility index (Phi) is 0.410. The quantitative estimate of drug-likeness (QED) is 0.456. The van der Waals surface area contributed by atoms with Gasteiger partial charge in [0.2, 0.25) is 0 Å². The van der Waals surface area contributed by atoms with Crippen molar-refractivity contribution in [2.45, 2.75) is 13.0 Å². The Hall–Kier alpha value is -0.790. The van der Waals surface area contributed by atoms with Gasteiger partial charge in [0.1, 0.15) is 5.82 Å². The fraction of sp³-hybridized carbons (Fsp3) is 0.400. The second-order valence-electron chi connectivity index (χ2n) is 1.79. The maximum atomic E-state index is 4.07. The highest BCUT2D eigenvalue weighted by molar-refractivity contribution is 4.99. The highest BCUT2D eigenvalue weighted by Crippen LogP contribution is 2.08. The Balaban J connectivity index is 2.69. The van der Waals surface area contributed by atoms with Gasteiger partial charge in [0, 0.05) is 25.4 Å². The van der Waals surface area contributed by atoms with E-state index in [9.17, 15) is 0 Å². The third-order valence-corrected chi connectivity index (χ3v) is 1.38. The van der Waals surface area contributed by atoms with E-state index >= 15 is 0 Å². The van der Waals surface area contributed by atoms with E-state index in [1.54, 1.807) is 0 Å². The van der Waals surface area contributed by atoms with Gasteiger partial charge in [-0.25, -0.2) is 4.98 Å². The molecule has 0 unspecified atom stereocenters. The largest absolute Gasteiger partial charge is 0.334 e. The predicted octanol–water partition coefficient (Wildman–Crippen LogP) is 0.439. The van der Waals surface area contributed by atoms with Crippen LogP contribution in [0.3, 0.4) is 0 Å². The maximum absolute atomic E-state index is 4.07. The van der Waals surface area contributed by atoms with E-state index in [-0.39, 0.29) is 0 Å². The van der Waals surface area contributed by atoms with Gasteiger partial charge < -0.3 is 4.57 Å². The Labute approximate surface area is 41.8 Å². The summed E-state index contributed by atoms with van der Waals surface area (Å²) in [5.74, 6) is 1.24. The molecule has 0 saturated carbocycles. The van der Waals surface area contributed by atoms with E-state index in [2.05, 4.69) is 9.55 Å². The van der Waals surface area contributed by atoms with Crippen molar-refractivity contribution in [3.8, 4) is 0 Å². The number of nitrogens with zero attached hydrogens (tertiary/aromatic N) is 2. The molecule has 1 aliphatic heterocycles. The van der Waals surface area contributed by atoms with Crippen LogP contribution in [0.4, 0.5) is 0 Å². The summed E-state index contributed by atoms with van der Waals surface area (Å²) in [6, 6.07) is 0. The summed E-state index contributed by atoms with van der Waals surface area (Å²) >= 11 is 0. The van der Waals surface area contributed by atoms with Gasteiger partial charge in [0.05, 0.1) is 0 Å². The van der Waals surface area contributed by atoms with Crippen molar-refractivity contribution in [1.29, 1.82) is 0 Å². The molecule has 0 aliphatic carbocycles. The standard InChI is InChI=1S/C5H6N2/c1-3-7-4-2-6-5(1)7/h2,4H,1,3H2. The average Bonchev–Trinajstić information content (AvgIpc) is 1.85. The first-order chi connectivity index (χ1) is 3.47. The minimum Gasteiger partial charge on any atom is -0.334 e. The van der Waals surface area contributed by atoms with Crippen molar-refractivity contribution in [3.05, 3.63) is 18.2 Å². The van der Waals surface area contributed by atoms with Gasteiger partial charge >= 0.3 is 0 Å². The molecule has 7 heavy (non-hydrogen) atoms. The molecule has 36 valence electrons. The van der Waals surface area contributed by atoms with Crippen LogP contribution in [0.1, 0.15) is 5.82 Å². The Morgan fingerprint density at radius 1 is 1.71 bits per heavy atom. The summed E-state index contributed by atoms with van der Waals surface area (Å²) < 4.78 is 2.15. The number of rotatable bonds is 0. The molecule has 0 atom stereocenters. The van der Waals surface area contributed by atoms with E-state index < -0.39 is 0 Å². The predicted molar refractivity (Wildman–Crippen MR) is 25.9 cm³/mol. The lowest BCUT2D eigenvalue weighted by Crippen LogP contribution is -2.16. The van der Waals surface area contributed by atoms with E-state index in [1.165, 1.54) is 18.8 Å². The van der Waals surface area contributed by atoms with E-state index in [0.717, 1.165) is 0 Å². The van der Waals surface area contributed by atoms with Gasteiger partial charge in [-0.3, -0.25) is 0 Å². The van der Waals surface area contributed by atoms with Gasteiger partial charge in [-0.05, 0) is 0 Å². The number of hydrogen-bond donors (Lipinski definition) is 0. The summed E-state index contributed by atoms with van der Waals surface area (Å²) in [7, 11) is 0. The van der Waals surface area contributed by atoms with Crippen molar-refractivity contribution in [1.82, 2.24) is 9.55 Å². The highest BCUT2D eigenvalue weighted by atomic mass is 15.1. The molecule has 0 saturated heterocycles. The van der Waals surface area contributed by atoms with E-state index in [4.69, 9.17) is 0 Å². The second kappa shape index (κ2) is 0.886. The number of aryl methyl sites for hydroxylation is 2. The number of aromatic nitrogens is 2. The zero-order chi connectivity index (χ0) is 4.69. The molecule has 2 nitrogen and oxygen atoms in total. The van der Waals surface area contributed by atoms with Gasteiger partial charge in [0.25, 0.3) is 0 Å².